The number of hydrogen-bond acceptors (Lipinski definition) is 5. The van der Waals surface area contributed by atoms with Crippen molar-refractivity contribution in [3.05, 3.63) is 65.7 Å². The second kappa shape index (κ2) is 7.97. The van der Waals surface area contributed by atoms with Gasteiger partial charge in [0.15, 0.2) is 5.78 Å². The van der Waals surface area contributed by atoms with Crippen LogP contribution in [0.25, 0.3) is 6.08 Å². The fourth-order valence-corrected chi connectivity index (χ4v) is 2.01. The number of hydrogen-bond donors (Lipinski definition) is 0. The van der Waals surface area contributed by atoms with Gasteiger partial charge in [-0.05, 0) is 48.0 Å². The number of benzene rings is 2. The molecule has 0 aliphatic heterocycles. The number of carbonyl (C=O) groups excluding carboxylic acids is 2. The number of ketones is 1. The highest BCUT2D eigenvalue weighted by molar-refractivity contribution is 6.06. The zero-order chi connectivity index (χ0) is 17.5. The van der Waals surface area contributed by atoms with Gasteiger partial charge in [0.05, 0.1) is 5.97 Å². The Morgan fingerprint density at radius 2 is 1.67 bits per heavy atom. The van der Waals surface area contributed by atoms with Crippen LogP contribution in [0.3, 0.4) is 0 Å². The lowest BCUT2D eigenvalue weighted by atomic mass is 10.1. The minimum Gasteiger partial charge on any atom is -0.546 e. The fourth-order valence-electron chi connectivity index (χ4n) is 2.01. The van der Waals surface area contributed by atoms with Crippen molar-refractivity contribution in [3.8, 4) is 5.75 Å². The summed E-state index contributed by atoms with van der Waals surface area (Å²) in [6.07, 6.45) is 3.25. The van der Waals surface area contributed by atoms with Crippen LogP contribution in [-0.4, -0.2) is 32.5 Å². The van der Waals surface area contributed by atoms with Gasteiger partial charge in [0, 0.05) is 25.3 Å². The molecule has 0 bridgehead atoms. The summed E-state index contributed by atoms with van der Waals surface area (Å²) in [6, 6.07) is 14.1. The molecule has 0 aliphatic carbocycles. The molecule has 2 aromatic carbocycles. The zero-order valence-corrected chi connectivity index (χ0v) is 13.6. The number of nitrogens with zero attached hydrogens (tertiary/aromatic N) is 1. The minimum absolute atomic E-state index is 0.141. The third-order valence-electron chi connectivity index (χ3n) is 3.33. The monoisotopic (exact) mass is 324 g/mol. The van der Waals surface area contributed by atoms with Gasteiger partial charge in [0.2, 0.25) is 0 Å². The van der Waals surface area contributed by atoms with Crippen molar-refractivity contribution in [2.24, 2.45) is 0 Å². The first kappa shape index (κ1) is 17.3. The Morgan fingerprint density at radius 1 is 1.04 bits per heavy atom. The average molecular weight is 324 g/mol. The van der Waals surface area contributed by atoms with Crippen LogP contribution in [0, 0.1) is 0 Å². The van der Waals surface area contributed by atoms with Gasteiger partial charge in [0.1, 0.15) is 12.4 Å². The van der Waals surface area contributed by atoms with Crippen molar-refractivity contribution in [1.82, 2.24) is 0 Å². The molecule has 0 unspecified atom stereocenters. The van der Waals surface area contributed by atoms with Crippen molar-refractivity contribution in [1.29, 1.82) is 0 Å². The third-order valence-corrected chi connectivity index (χ3v) is 3.33. The van der Waals surface area contributed by atoms with Crippen molar-refractivity contribution >= 4 is 23.5 Å². The van der Waals surface area contributed by atoms with Gasteiger partial charge in [-0.3, -0.25) is 4.79 Å². The number of carboxylic acids is 1. The lowest BCUT2D eigenvalue weighted by Gasteiger charge is -2.11. The molecule has 0 saturated heterocycles. The topological polar surface area (TPSA) is 69.7 Å². The molecule has 0 spiro atoms. The summed E-state index contributed by atoms with van der Waals surface area (Å²) in [6.45, 7) is -0.518. The first-order chi connectivity index (χ1) is 11.5. The van der Waals surface area contributed by atoms with Crippen LogP contribution < -0.4 is 14.7 Å². The van der Waals surface area contributed by atoms with Gasteiger partial charge in [-0.2, -0.15) is 0 Å². The smallest absolute Gasteiger partial charge is 0.185 e. The van der Waals surface area contributed by atoms with Crippen molar-refractivity contribution in [2.75, 3.05) is 25.6 Å². The van der Waals surface area contributed by atoms with Crippen LogP contribution in [0.15, 0.2) is 54.6 Å². The molecular formula is C19H18NO4-. The largest absolute Gasteiger partial charge is 0.546 e. The number of carboxylic acid groups (broad SMARTS) is 1. The maximum Gasteiger partial charge on any atom is 0.185 e. The molecular weight excluding hydrogens is 306 g/mol. The lowest BCUT2D eigenvalue weighted by molar-refractivity contribution is -0.307. The van der Waals surface area contributed by atoms with E-state index in [1.165, 1.54) is 6.08 Å². The number of carbonyl (C=O) groups is 2. The highest BCUT2D eigenvalue weighted by Crippen LogP contribution is 2.15. The van der Waals surface area contributed by atoms with Crippen molar-refractivity contribution in [2.45, 2.75) is 0 Å². The first-order valence-corrected chi connectivity index (χ1v) is 7.38. The number of anilines is 1. The van der Waals surface area contributed by atoms with Gasteiger partial charge in [-0.25, -0.2) is 0 Å². The standard InChI is InChI=1S/C19H19NO4/c1-20(2)16-8-3-14(4-9-16)5-12-18(21)15-6-10-17(11-7-15)24-13-19(22)23/h3-12H,13H2,1-2H3,(H,22,23)/p-1/b12-5+. The highest BCUT2D eigenvalue weighted by atomic mass is 16.5. The average Bonchev–Trinajstić information content (AvgIpc) is 2.58. The first-order valence-electron chi connectivity index (χ1n) is 7.38. The van der Waals surface area contributed by atoms with Crippen LogP contribution in [0.5, 0.6) is 5.75 Å². The summed E-state index contributed by atoms with van der Waals surface area (Å²) in [7, 11) is 3.93. The molecule has 0 N–H and O–H groups in total. The molecule has 5 heteroatoms. The lowest BCUT2D eigenvalue weighted by Crippen LogP contribution is -2.28. The number of aliphatic carboxylic acids is 1. The quantitative estimate of drug-likeness (QED) is 0.573. The van der Waals surface area contributed by atoms with E-state index in [2.05, 4.69) is 0 Å². The summed E-state index contributed by atoms with van der Waals surface area (Å²) in [5.74, 6) is -1.06. The van der Waals surface area contributed by atoms with Gasteiger partial charge >= 0.3 is 0 Å². The molecule has 0 atom stereocenters. The summed E-state index contributed by atoms with van der Waals surface area (Å²) in [4.78, 5) is 24.5. The fraction of sp³-hybridized carbons (Fsp3) is 0.158. The van der Waals surface area contributed by atoms with Gasteiger partial charge in [0.25, 0.3) is 0 Å². The maximum absolute atomic E-state index is 12.1. The van der Waals surface area contributed by atoms with Crippen LogP contribution in [0.4, 0.5) is 5.69 Å². The Hall–Kier alpha value is -3.08. The molecule has 2 aromatic rings. The summed E-state index contributed by atoms with van der Waals surface area (Å²) in [5.41, 5.74) is 2.52. The second-order valence-electron chi connectivity index (χ2n) is 5.37. The molecule has 0 fully saturated rings. The highest BCUT2D eigenvalue weighted by Gasteiger charge is 2.02. The maximum atomic E-state index is 12.1. The molecule has 0 aromatic heterocycles. The second-order valence-corrected chi connectivity index (χ2v) is 5.37. The zero-order valence-electron chi connectivity index (χ0n) is 13.6. The predicted octanol–water partition coefficient (Wildman–Crippen LogP) is 1.78. The predicted molar refractivity (Wildman–Crippen MR) is 91.1 cm³/mol. The Kier molecular flexibility index (Phi) is 5.73. The Balaban J connectivity index is 1.99. The van der Waals surface area contributed by atoms with Crippen LogP contribution in [-0.2, 0) is 4.79 Å². The van der Waals surface area contributed by atoms with E-state index in [4.69, 9.17) is 4.74 Å². The minimum atomic E-state index is -1.29. The van der Waals surface area contributed by atoms with E-state index >= 15 is 0 Å². The molecule has 124 valence electrons. The Labute approximate surface area is 140 Å². The van der Waals surface area contributed by atoms with Crippen molar-refractivity contribution < 1.29 is 19.4 Å². The molecule has 24 heavy (non-hydrogen) atoms. The third kappa shape index (κ3) is 4.98. The normalized spacial score (nSPS) is 10.6. The van der Waals surface area contributed by atoms with Gasteiger partial charge < -0.3 is 19.5 Å². The summed E-state index contributed by atoms with van der Waals surface area (Å²) >= 11 is 0. The Bertz CT molecular complexity index is 731. The van der Waals surface area contributed by atoms with E-state index < -0.39 is 12.6 Å². The van der Waals surface area contributed by atoms with Crippen LogP contribution in [0.2, 0.25) is 0 Å². The van der Waals surface area contributed by atoms with E-state index in [0.29, 0.717) is 11.3 Å². The van der Waals surface area contributed by atoms with Crippen LogP contribution in [0.1, 0.15) is 15.9 Å². The summed E-state index contributed by atoms with van der Waals surface area (Å²) < 4.78 is 4.97. The van der Waals surface area contributed by atoms with E-state index in [-0.39, 0.29) is 5.78 Å². The molecule has 0 heterocycles. The van der Waals surface area contributed by atoms with Gasteiger partial charge in [-0.1, -0.05) is 18.2 Å². The van der Waals surface area contributed by atoms with E-state index in [0.717, 1.165) is 11.3 Å². The van der Waals surface area contributed by atoms with Crippen molar-refractivity contribution in [3.63, 3.8) is 0 Å². The number of allylic oxidation sites excluding steroid dienone is 1. The number of ether oxygens (including phenoxy) is 1. The molecule has 0 aliphatic rings. The SMILES string of the molecule is CN(C)c1ccc(/C=C/C(=O)c2ccc(OCC(=O)[O-])cc2)cc1. The van der Waals surface area contributed by atoms with E-state index in [1.54, 1.807) is 30.3 Å². The Morgan fingerprint density at radius 3 is 2.21 bits per heavy atom. The molecule has 2 rings (SSSR count). The molecule has 0 saturated carbocycles. The van der Waals surface area contributed by atoms with E-state index in [1.807, 2.05) is 43.3 Å². The summed E-state index contributed by atoms with van der Waals surface area (Å²) in [5, 5.41) is 10.3. The molecule has 0 radical (unpaired) electrons. The van der Waals surface area contributed by atoms with Gasteiger partial charge in [-0.15, -0.1) is 0 Å². The van der Waals surface area contributed by atoms with E-state index in [9.17, 15) is 14.7 Å². The number of rotatable bonds is 7. The molecule has 5 nitrogen and oxygen atoms in total. The molecule has 0 amide bonds. The van der Waals surface area contributed by atoms with Crippen LogP contribution >= 0.6 is 0 Å².